The Hall–Kier alpha value is -0.850. The zero-order valence-electron chi connectivity index (χ0n) is 39.1. The number of aliphatic hydroxyl groups is 6. The minimum atomic E-state index is -1.59. The Balaban J connectivity index is 2.30. The van der Waals surface area contributed by atoms with Crippen molar-refractivity contribution in [3.63, 3.8) is 0 Å². The van der Waals surface area contributed by atoms with Crippen molar-refractivity contribution in [2.24, 2.45) is 0 Å². The molecule has 1 heterocycles. The van der Waals surface area contributed by atoms with E-state index in [1.54, 1.807) is 0 Å². The van der Waals surface area contributed by atoms with E-state index < -0.39 is 61.5 Å². The largest absolute Gasteiger partial charge is 0.394 e. The SMILES string of the molecule is CCCCCCCCCCCCCCCCCCCCCCC(O)C(=O)NC(COC1OC(CO)C(O)C(O)C1O)C(O)CCCCCCCCCCCCCCCCC. The molecule has 1 aliphatic heterocycles. The number of amides is 1. The van der Waals surface area contributed by atoms with Crippen molar-refractivity contribution in [2.75, 3.05) is 13.2 Å². The molecule has 0 spiro atoms. The lowest BCUT2D eigenvalue weighted by Gasteiger charge is -2.40. The van der Waals surface area contributed by atoms with Crippen LogP contribution in [0.15, 0.2) is 0 Å². The maximum atomic E-state index is 13.1. The lowest BCUT2D eigenvalue weighted by molar-refractivity contribution is -0.302. The molecule has 0 radical (unpaired) electrons. The number of hydrogen-bond donors (Lipinski definition) is 7. The Morgan fingerprint density at radius 2 is 0.833 bits per heavy atom. The monoisotopic (exact) mass is 858 g/mol. The molecule has 0 bridgehead atoms. The molecule has 0 saturated carbocycles. The summed E-state index contributed by atoms with van der Waals surface area (Å²) < 4.78 is 11.2. The minimum absolute atomic E-state index is 0.250. The van der Waals surface area contributed by atoms with Gasteiger partial charge in [0.2, 0.25) is 5.91 Å². The number of rotatable bonds is 44. The summed E-state index contributed by atoms with van der Waals surface area (Å²) in [5.41, 5.74) is 0. The second-order valence-electron chi connectivity index (χ2n) is 18.5. The van der Waals surface area contributed by atoms with Gasteiger partial charge in [-0.25, -0.2) is 0 Å². The maximum absolute atomic E-state index is 13.1. The Labute approximate surface area is 368 Å². The quantitative estimate of drug-likeness (QED) is 0.0295. The molecule has 1 aliphatic rings. The van der Waals surface area contributed by atoms with Crippen molar-refractivity contribution >= 4 is 5.91 Å². The average Bonchev–Trinajstić information content (AvgIpc) is 3.25. The molecule has 1 amide bonds. The van der Waals surface area contributed by atoms with Crippen LogP contribution >= 0.6 is 0 Å². The standard InChI is InChI=1S/C50H99NO9/c1-3-5-7-9-11-13-15-17-19-20-21-22-23-25-27-29-31-33-35-37-39-44(54)49(58)51-42(41-59-50-48(57)47(56)46(55)45(40-52)60-50)43(53)38-36-34-32-30-28-26-24-18-16-14-12-10-8-6-4-2/h42-48,50,52-57H,3-41H2,1-2H3,(H,51,58). The van der Waals surface area contributed by atoms with E-state index in [-0.39, 0.29) is 6.61 Å². The topological polar surface area (TPSA) is 169 Å². The van der Waals surface area contributed by atoms with Crippen LogP contribution in [0.3, 0.4) is 0 Å². The second-order valence-corrected chi connectivity index (χ2v) is 18.5. The van der Waals surface area contributed by atoms with Gasteiger partial charge < -0.3 is 45.4 Å². The molecule has 358 valence electrons. The Morgan fingerprint density at radius 1 is 0.500 bits per heavy atom. The van der Waals surface area contributed by atoms with Crippen LogP contribution in [0.1, 0.15) is 251 Å². The summed E-state index contributed by atoms with van der Waals surface area (Å²) in [5, 5.41) is 65.0. The molecule has 1 saturated heterocycles. The van der Waals surface area contributed by atoms with Crippen molar-refractivity contribution in [1.29, 1.82) is 0 Å². The van der Waals surface area contributed by atoms with Crippen molar-refractivity contribution in [3.05, 3.63) is 0 Å². The molecule has 8 unspecified atom stereocenters. The minimum Gasteiger partial charge on any atom is -0.394 e. The molecule has 7 N–H and O–H groups in total. The summed E-state index contributed by atoms with van der Waals surface area (Å²) in [5.74, 6) is -0.578. The van der Waals surface area contributed by atoms with Crippen molar-refractivity contribution in [2.45, 2.75) is 300 Å². The molecule has 0 aromatic heterocycles. The molecule has 10 nitrogen and oxygen atoms in total. The molecular weight excluding hydrogens is 759 g/mol. The number of unbranched alkanes of at least 4 members (excludes halogenated alkanes) is 33. The molecule has 1 fully saturated rings. The normalized spacial score (nSPS) is 21.0. The predicted molar refractivity (Wildman–Crippen MR) is 246 cm³/mol. The fourth-order valence-corrected chi connectivity index (χ4v) is 8.58. The fourth-order valence-electron chi connectivity index (χ4n) is 8.58. The van der Waals surface area contributed by atoms with E-state index in [0.717, 1.165) is 38.5 Å². The van der Waals surface area contributed by atoms with Crippen LogP contribution in [0, 0.1) is 0 Å². The first-order chi connectivity index (χ1) is 29.3. The van der Waals surface area contributed by atoms with Crippen molar-refractivity contribution in [1.82, 2.24) is 5.32 Å². The van der Waals surface area contributed by atoms with E-state index in [0.29, 0.717) is 12.8 Å². The van der Waals surface area contributed by atoms with Crippen LogP contribution in [-0.4, -0.2) is 98.7 Å². The number of aliphatic hydroxyl groups excluding tert-OH is 6. The molecule has 0 aromatic rings. The molecule has 0 aromatic carbocycles. The van der Waals surface area contributed by atoms with Crippen molar-refractivity contribution < 1.29 is 44.9 Å². The van der Waals surface area contributed by atoms with Crippen LogP contribution in [0.5, 0.6) is 0 Å². The highest BCUT2D eigenvalue weighted by atomic mass is 16.7. The van der Waals surface area contributed by atoms with Crippen LogP contribution in [0.4, 0.5) is 0 Å². The van der Waals surface area contributed by atoms with Crippen LogP contribution < -0.4 is 5.32 Å². The summed E-state index contributed by atoms with van der Waals surface area (Å²) in [6.07, 6.45) is 35.8. The summed E-state index contributed by atoms with van der Waals surface area (Å²) in [6, 6.07) is -0.888. The second kappa shape index (κ2) is 40.9. The summed E-state index contributed by atoms with van der Waals surface area (Å²) in [6.45, 7) is 3.70. The van der Waals surface area contributed by atoms with E-state index in [4.69, 9.17) is 9.47 Å². The van der Waals surface area contributed by atoms with Gasteiger partial charge in [0.1, 0.15) is 30.5 Å². The molecule has 1 rings (SSSR count). The predicted octanol–water partition coefficient (Wildman–Crippen LogP) is 10.5. The zero-order valence-corrected chi connectivity index (χ0v) is 39.1. The van der Waals surface area contributed by atoms with Gasteiger partial charge in [-0.1, -0.05) is 239 Å². The van der Waals surface area contributed by atoms with Crippen LogP contribution in [0.25, 0.3) is 0 Å². The smallest absolute Gasteiger partial charge is 0.249 e. The number of nitrogens with one attached hydrogen (secondary N) is 1. The first-order valence-corrected chi connectivity index (χ1v) is 25.8. The van der Waals surface area contributed by atoms with E-state index in [1.165, 1.54) is 186 Å². The fraction of sp³-hybridized carbons (Fsp3) is 0.980. The van der Waals surface area contributed by atoms with E-state index >= 15 is 0 Å². The van der Waals surface area contributed by atoms with Gasteiger partial charge in [0.25, 0.3) is 0 Å². The summed E-state index contributed by atoms with van der Waals surface area (Å²) in [7, 11) is 0. The number of carbonyl (C=O) groups is 1. The summed E-state index contributed by atoms with van der Waals surface area (Å²) in [4.78, 5) is 13.1. The maximum Gasteiger partial charge on any atom is 0.249 e. The Morgan fingerprint density at radius 3 is 1.18 bits per heavy atom. The van der Waals surface area contributed by atoms with E-state index in [1.807, 2.05) is 0 Å². The van der Waals surface area contributed by atoms with E-state index in [9.17, 15) is 35.4 Å². The van der Waals surface area contributed by atoms with Gasteiger partial charge in [0, 0.05) is 0 Å². The Kier molecular flexibility index (Phi) is 39.0. The van der Waals surface area contributed by atoms with Gasteiger partial charge >= 0.3 is 0 Å². The van der Waals surface area contributed by atoms with Crippen LogP contribution in [0.2, 0.25) is 0 Å². The lowest BCUT2D eigenvalue weighted by atomic mass is 9.99. The zero-order chi connectivity index (χ0) is 43.9. The van der Waals surface area contributed by atoms with Gasteiger partial charge in [-0.05, 0) is 12.8 Å². The number of hydrogen-bond acceptors (Lipinski definition) is 9. The van der Waals surface area contributed by atoms with Crippen LogP contribution in [-0.2, 0) is 14.3 Å². The highest BCUT2D eigenvalue weighted by Crippen LogP contribution is 2.23. The third kappa shape index (κ3) is 30.3. The highest BCUT2D eigenvalue weighted by Gasteiger charge is 2.44. The molecule has 60 heavy (non-hydrogen) atoms. The van der Waals surface area contributed by atoms with Gasteiger partial charge in [0.15, 0.2) is 6.29 Å². The average molecular weight is 858 g/mol. The highest BCUT2D eigenvalue weighted by molar-refractivity contribution is 5.80. The third-order valence-electron chi connectivity index (χ3n) is 12.8. The third-order valence-corrected chi connectivity index (χ3v) is 12.8. The van der Waals surface area contributed by atoms with Crippen molar-refractivity contribution in [3.8, 4) is 0 Å². The summed E-state index contributed by atoms with van der Waals surface area (Å²) >= 11 is 0. The Bertz CT molecular complexity index is 926. The van der Waals surface area contributed by atoms with Gasteiger partial charge in [-0.3, -0.25) is 4.79 Å². The van der Waals surface area contributed by atoms with Gasteiger partial charge in [-0.15, -0.1) is 0 Å². The molecular formula is C50H99NO9. The van der Waals surface area contributed by atoms with Gasteiger partial charge in [-0.2, -0.15) is 0 Å². The molecule has 10 heteroatoms. The first kappa shape index (κ1) is 57.2. The number of carbonyl (C=O) groups excluding carboxylic acids is 1. The van der Waals surface area contributed by atoms with E-state index in [2.05, 4.69) is 19.2 Å². The molecule has 0 aliphatic carbocycles. The van der Waals surface area contributed by atoms with Gasteiger partial charge in [0.05, 0.1) is 25.4 Å². The first-order valence-electron chi connectivity index (χ1n) is 25.8. The lowest BCUT2D eigenvalue weighted by Crippen LogP contribution is -2.60. The number of ether oxygens (including phenoxy) is 2. The molecule has 8 atom stereocenters.